The van der Waals surface area contributed by atoms with E-state index in [0.29, 0.717) is 11.3 Å². The number of nitriles is 1. The SMILES string of the molecule is CCOC(=O)CC1=C(C(=O)OCC)C(c2ccc(OC)cc2)C(C#N)=C(N)O1. The van der Waals surface area contributed by atoms with Crippen LogP contribution in [-0.2, 0) is 23.8 Å². The maximum Gasteiger partial charge on any atom is 0.338 e. The highest BCUT2D eigenvalue weighted by Gasteiger charge is 2.38. The zero-order valence-corrected chi connectivity index (χ0v) is 16.0. The largest absolute Gasteiger partial charge is 0.497 e. The van der Waals surface area contributed by atoms with E-state index in [-0.39, 0.29) is 42.4 Å². The summed E-state index contributed by atoms with van der Waals surface area (Å²) in [6.07, 6.45) is -0.311. The molecule has 1 atom stereocenters. The van der Waals surface area contributed by atoms with Gasteiger partial charge in [-0.15, -0.1) is 0 Å². The number of carbonyl (C=O) groups excluding carboxylic acids is 2. The number of methoxy groups -OCH3 is 1. The van der Waals surface area contributed by atoms with E-state index < -0.39 is 17.9 Å². The first-order valence-corrected chi connectivity index (χ1v) is 8.74. The summed E-state index contributed by atoms with van der Waals surface area (Å²) in [6, 6.07) is 8.81. The summed E-state index contributed by atoms with van der Waals surface area (Å²) in [4.78, 5) is 24.7. The van der Waals surface area contributed by atoms with E-state index in [1.165, 1.54) is 7.11 Å². The molecule has 148 valence electrons. The third kappa shape index (κ3) is 4.43. The van der Waals surface area contributed by atoms with Gasteiger partial charge in [-0.1, -0.05) is 12.1 Å². The van der Waals surface area contributed by atoms with Crippen LogP contribution in [0.5, 0.6) is 5.75 Å². The lowest BCUT2D eigenvalue weighted by molar-refractivity contribution is -0.143. The minimum atomic E-state index is -0.840. The van der Waals surface area contributed by atoms with Gasteiger partial charge in [-0.05, 0) is 31.5 Å². The van der Waals surface area contributed by atoms with E-state index in [9.17, 15) is 14.9 Å². The molecule has 1 aromatic carbocycles. The normalized spacial score (nSPS) is 16.1. The zero-order valence-electron chi connectivity index (χ0n) is 16.0. The molecule has 2 N–H and O–H groups in total. The molecule has 0 saturated heterocycles. The molecule has 0 aromatic heterocycles. The fraction of sp³-hybridized carbons (Fsp3) is 0.350. The average Bonchev–Trinajstić information content (AvgIpc) is 2.68. The predicted molar refractivity (Wildman–Crippen MR) is 98.6 cm³/mol. The van der Waals surface area contributed by atoms with Crippen LogP contribution in [0.3, 0.4) is 0 Å². The molecular formula is C20H22N2O6. The molecule has 28 heavy (non-hydrogen) atoms. The first kappa shape index (κ1) is 20.8. The Labute approximate surface area is 163 Å². The third-order valence-corrected chi connectivity index (χ3v) is 4.05. The third-order valence-electron chi connectivity index (χ3n) is 4.05. The van der Waals surface area contributed by atoms with Crippen LogP contribution in [0.2, 0.25) is 0 Å². The van der Waals surface area contributed by atoms with Gasteiger partial charge >= 0.3 is 11.9 Å². The van der Waals surface area contributed by atoms with Gasteiger partial charge in [0.15, 0.2) is 0 Å². The van der Waals surface area contributed by atoms with Crippen molar-refractivity contribution in [1.82, 2.24) is 0 Å². The molecule has 0 spiro atoms. The molecule has 2 rings (SSSR count). The Morgan fingerprint density at radius 1 is 1.18 bits per heavy atom. The van der Waals surface area contributed by atoms with Crippen LogP contribution in [0.25, 0.3) is 0 Å². The molecule has 0 fully saturated rings. The Balaban J connectivity index is 2.61. The maximum absolute atomic E-state index is 12.7. The van der Waals surface area contributed by atoms with Gasteiger partial charge in [-0.2, -0.15) is 5.26 Å². The second-order valence-corrected chi connectivity index (χ2v) is 5.74. The minimum absolute atomic E-state index is 0.00854. The van der Waals surface area contributed by atoms with Crippen LogP contribution in [0.1, 0.15) is 31.7 Å². The molecule has 1 aliphatic heterocycles. The molecule has 0 bridgehead atoms. The summed E-state index contributed by atoms with van der Waals surface area (Å²) >= 11 is 0. The van der Waals surface area contributed by atoms with Crippen LogP contribution in [0, 0.1) is 11.3 Å². The van der Waals surface area contributed by atoms with Gasteiger partial charge in [-0.25, -0.2) is 4.79 Å². The monoisotopic (exact) mass is 386 g/mol. The van der Waals surface area contributed by atoms with Crippen molar-refractivity contribution in [2.75, 3.05) is 20.3 Å². The highest BCUT2D eigenvalue weighted by Crippen LogP contribution is 2.41. The topological polar surface area (TPSA) is 121 Å². The number of allylic oxidation sites excluding steroid dienone is 1. The van der Waals surface area contributed by atoms with E-state index in [4.69, 9.17) is 24.7 Å². The van der Waals surface area contributed by atoms with Gasteiger partial charge in [0.05, 0.1) is 31.8 Å². The van der Waals surface area contributed by atoms with E-state index in [0.717, 1.165) is 0 Å². The van der Waals surface area contributed by atoms with Crippen LogP contribution in [0.4, 0.5) is 0 Å². The van der Waals surface area contributed by atoms with Gasteiger partial charge in [-0.3, -0.25) is 4.79 Å². The number of nitrogens with two attached hydrogens (primary N) is 1. The van der Waals surface area contributed by atoms with Gasteiger partial charge in [0.25, 0.3) is 0 Å². The highest BCUT2D eigenvalue weighted by molar-refractivity contribution is 5.93. The van der Waals surface area contributed by atoms with Crippen molar-refractivity contribution in [3.63, 3.8) is 0 Å². The Morgan fingerprint density at radius 2 is 1.82 bits per heavy atom. The smallest absolute Gasteiger partial charge is 0.338 e. The quantitative estimate of drug-likeness (QED) is 0.709. The van der Waals surface area contributed by atoms with Gasteiger partial charge in [0.1, 0.15) is 29.6 Å². The van der Waals surface area contributed by atoms with Crippen molar-refractivity contribution in [3.05, 3.63) is 52.6 Å². The van der Waals surface area contributed by atoms with Gasteiger partial charge in [0.2, 0.25) is 5.88 Å². The molecule has 8 nitrogen and oxygen atoms in total. The van der Waals surface area contributed by atoms with E-state index in [2.05, 4.69) is 0 Å². The summed E-state index contributed by atoms with van der Waals surface area (Å²) in [5.74, 6) is -1.67. The summed E-state index contributed by atoms with van der Waals surface area (Å²) < 4.78 is 20.7. The lowest BCUT2D eigenvalue weighted by atomic mass is 9.82. The number of hydrogen-bond acceptors (Lipinski definition) is 8. The predicted octanol–water partition coefficient (Wildman–Crippen LogP) is 2.27. The van der Waals surface area contributed by atoms with Gasteiger partial charge in [0, 0.05) is 0 Å². The number of rotatable bonds is 7. The number of esters is 2. The number of nitrogens with zero attached hydrogens (tertiary/aromatic N) is 1. The van der Waals surface area contributed by atoms with Crippen molar-refractivity contribution in [3.8, 4) is 11.8 Å². The van der Waals surface area contributed by atoms with Crippen molar-refractivity contribution >= 4 is 11.9 Å². The Morgan fingerprint density at radius 3 is 2.36 bits per heavy atom. The highest BCUT2D eigenvalue weighted by atomic mass is 16.5. The average molecular weight is 386 g/mol. The molecule has 1 unspecified atom stereocenters. The molecule has 0 amide bonds. The summed E-state index contributed by atoms with van der Waals surface area (Å²) in [7, 11) is 1.53. The molecular weight excluding hydrogens is 364 g/mol. The fourth-order valence-corrected chi connectivity index (χ4v) is 2.85. The molecule has 0 saturated carbocycles. The number of hydrogen-bond donors (Lipinski definition) is 1. The van der Waals surface area contributed by atoms with Crippen molar-refractivity contribution in [2.45, 2.75) is 26.2 Å². The minimum Gasteiger partial charge on any atom is -0.497 e. The second kappa shape index (κ2) is 9.46. The Kier molecular flexibility index (Phi) is 7.04. The molecule has 8 heteroatoms. The second-order valence-electron chi connectivity index (χ2n) is 5.74. The number of ether oxygens (including phenoxy) is 4. The van der Waals surface area contributed by atoms with Crippen LogP contribution < -0.4 is 10.5 Å². The van der Waals surface area contributed by atoms with E-state index in [1.807, 2.05) is 6.07 Å². The van der Waals surface area contributed by atoms with Crippen LogP contribution >= 0.6 is 0 Å². The van der Waals surface area contributed by atoms with E-state index >= 15 is 0 Å². The van der Waals surface area contributed by atoms with Crippen LogP contribution in [0.15, 0.2) is 47.1 Å². The molecule has 1 heterocycles. The number of benzene rings is 1. The molecule has 1 aliphatic rings. The fourth-order valence-electron chi connectivity index (χ4n) is 2.85. The molecule has 0 radical (unpaired) electrons. The van der Waals surface area contributed by atoms with E-state index in [1.54, 1.807) is 38.1 Å². The summed E-state index contributed by atoms with van der Waals surface area (Å²) in [5, 5.41) is 9.62. The first-order valence-electron chi connectivity index (χ1n) is 8.74. The Bertz CT molecular complexity index is 848. The molecule has 0 aliphatic carbocycles. The molecule has 1 aromatic rings. The van der Waals surface area contributed by atoms with Crippen LogP contribution in [-0.4, -0.2) is 32.3 Å². The van der Waals surface area contributed by atoms with Crippen molar-refractivity contribution in [2.24, 2.45) is 5.73 Å². The maximum atomic E-state index is 12.7. The lowest BCUT2D eigenvalue weighted by Gasteiger charge is -2.28. The van der Waals surface area contributed by atoms with Gasteiger partial charge < -0.3 is 24.7 Å². The summed E-state index contributed by atoms with van der Waals surface area (Å²) in [5.41, 5.74) is 6.63. The summed E-state index contributed by atoms with van der Waals surface area (Å²) in [6.45, 7) is 3.62. The van der Waals surface area contributed by atoms with Crippen molar-refractivity contribution in [1.29, 1.82) is 5.26 Å². The first-order chi connectivity index (χ1) is 13.5. The lowest BCUT2D eigenvalue weighted by Crippen LogP contribution is -2.27. The van der Waals surface area contributed by atoms with Crippen molar-refractivity contribution < 1.29 is 28.5 Å². The zero-order chi connectivity index (χ0) is 20.7. The number of carbonyl (C=O) groups is 2. The Hall–Kier alpha value is -3.47. The standard InChI is InChI=1S/C20H22N2O6/c1-4-26-16(23)10-15-18(20(24)27-5-2)17(14(11-21)19(22)28-15)12-6-8-13(25-3)9-7-12/h6-9,17H,4-5,10,22H2,1-3H3.